The van der Waals surface area contributed by atoms with Crippen molar-refractivity contribution < 1.29 is 23.7 Å². The molecule has 0 saturated heterocycles. The molecule has 0 aliphatic heterocycles. The smallest absolute Gasteiger partial charge is 0.339 e. The van der Waals surface area contributed by atoms with Gasteiger partial charge in [-0.15, -0.1) is 0 Å². The van der Waals surface area contributed by atoms with E-state index < -0.39 is 16.8 Å². The molecule has 10 heteroatoms. The third-order valence-corrected chi connectivity index (χ3v) is 4.18. The number of amides is 1. The molecule has 9 nitrogen and oxygen atoms in total. The van der Waals surface area contributed by atoms with E-state index in [-0.39, 0.29) is 22.1 Å². The van der Waals surface area contributed by atoms with Gasteiger partial charge in [-0.25, -0.2) is 4.79 Å². The number of benzene rings is 2. The Labute approximate surface area is 175 Å². The van der Waals surface area contributed by atoms with Crippen LogP contribution in [-0.2, 0) is 4.74 Å². The van der Waals surface area contributed by atoms with Crippen LogP contribution in [0.3, 0.4) is 0 Å². The molecular weight excluding hydrogens is 410 g/mol. The minimum absolute atomic E-state index is 0.0399. The van der Waals surface area contributed by atoms with E-state index >= 15 is 0 Å². The number of nitro groups is 1. The van der Waals surface area contributed by atoms with Crippen molar-refractivity contribution in [3.8, 4) is 11.3 Å². The third kappa shape index (κ3) is 4.67. The number of hydrogen-bond donors (Lipinski definition) is 2. The van der Waals surface area contributed by atoms with Crippen LogP contribution in [0, 0.1) is 10.1 Å². The Balaban J connectivity index is 1.70. The van der Waals surface area contributed by atoms with Gasteiger partial charge in [-0.2, -0.15) is 0 Å². The molecule has 0 atom stereocenters. The van der Waals surface area contributed by atoms with Crippen LogP contribution in [0.1, 0.15) is 20.9 Å². The summed E-state index contributed by atoms with van der Waals surface area (Å²) in [4.78, 5) is 34.6. The normalized spacial score (nSPS) is 10.2. The van der Waals surface area contributed by atoms with Gasteiger partial charge >= 0.3 is 5.97 Å². The molecule has 3 aromatic rings. The number of para-hydroxylation sites is 1. The van der Waals surface area contributed by atoms with Crippen molar-refractivity contribution in [3.63, 3.8) is 0 Å². The number of nitro benzene ring substituents is 1. The van der Waals surface area contributed by atoms with Gasteiger partial charge in [0.25, 0.3) is 11.6 Å². The van der Waals surface area contributed by atoms with Crippen molar-refractivity contribution >= 4 is 40.6 Å². The van der Waals surface area contributed by atoms with Gasteiger partial charge in [0.2, 0.25) is 0 Å². The maximum atomic E-state index is 12.4. The van der Waals surface area contributed by atoms with Gasteiger partial charge in [-0.1, -0.05) is 24.3 Å². The minimum atomic E-state index is -0.625. The van der Waals surface area contributed by atoms with Gasteiger partial charge < -0.3 is 14.5 Å². The van der Waals surface area contributed by atoms with Gasteiger partial charge in [0.05, 0.1) is 23.3 Å². The van der Waals surface area contributed by atoms with Crippen molar-refractivity contribution in [3.05, 3.63) is 82.1 Å². The summed E-state index contributed by atoms with van der Waals surface area (Å²) in [5, 5.41) is 16.1. The van der Waals surface area contributed by atoms with Gasteiger partial charge in [-0.3, -0.25) is 20.2 Å². The third-order valence-electron chi connectivity index (χ3n) is 3.98. The number of esters is 1. The molecule has 0 aliphatic rings. The molecule has 2 aromatic carbocycles. The highest BCUT2D eigenvalue weighted by molar-refractivity contribution is 7.80. The molecule has 3 rings (SSSR count). The summed E-state index contributed by atoms with van der Waals surface area (Å²) in [5.41, 5.74) is 0.981. The van der Waals surface area contributed by atoms with E-state index in [0.29, 0.717) is 17.0 Å². The monoisotopic (exact) mass is 425 g/mol. The Kier molecular flexibility index (Phi) is 6.18. The Hall–Kier alpha value is -4.05. The zero-order valence-electron chi connectivity index (χ0n) is 15.6. The molecule has 0 unspecified atom stereocenters. The van der Waals surface area contributed by atoms with Crippen LogP contribution in [0.15, 0.2) is 65.1 Å². The van der Waals surface area contributed by atoms with Crippen LogP contribution in [0.5, 0.6) is 0 Å². The van der Waals surface area contributed by atoms with Crippen LogP contribution in [0.4, 0.5) is 11.4 Å². The molecule has 1 heterocycles. The highest BCUT2D eigenvalue weighted by Gasteiger charge is 2.17. The average Bonchev–Trinajstić information content (AvgIpc) is 3.24. The van der Waals surface area contributed by atoms with Crippen molar-refractivity contribution in [1.82, 2.24) is 5.32 Å². The number of nitrogens with zero attached hydrogens (tertiary/aromatic N) is 1. The highest BCUT2D eigenvalue weighted by atomic mass is 32.1. The summed E-state index contributed by atoms with van der Waals surface area (Å²) >= 11 is 5.13. The topological polar surface area (TPSA) is 124 Å². The lowest BCUT2D eigenvalue weighted by Gasteiger charge is -2.11. The number of carbonyl (C=O) groups excluding carboxylic acids is 2. The van der Waals surface area contributed by atoms with Crippen LogP contribution < -0.4 is 10.6 Å². The zero-order valence-corrected chi connectivity index (χ0v) is 16.4. The molecule has 0 radical (unpaired) electrons. The first kappa shape index (κ1) is 20.7. The molecule has 0 saturated carbocycles. The Morgan fingerprint density at radius 3 is 2.60 bits per heavy atom. The SMILES string of the molecule is COC(=O)c1ccccc1NC(=S)NC(=O)c1ccc(-c2cccc([N+](=O)[O-])c2)o1. The number of ether oxygens (including phenoxy) is 1. The summed E-state index contributed by atoms with van der Waals surface area (Å²) in [6, 6.07) is 15.3. The number of thiocarbonyl (C=S) groups is 1. The van der Waals surface area contributed by atoms with Crippen molar-refractivity contribution in [2.45, 2.75) is 0 Å². The summed E-state index contributed by atoms with van der Waals surface area (Å²) in [6.45, 7) is 0. The van der Waals surface area contributed by atoms with Crippen molar-refractivity contribution in [2.75, 3.05) is 12.4 Å². The summed E-state index contributed by atoms with van der Waals surface area (Å²) in [6.07, 6.45) is 0. The number of carbonyl (C=O) groups is 2. The Morgan fingerprint density at radius 2 is 1.87 bits per heavy atom. The van der Waals surface area contributed by atoms with Gasteiger partial charge in [0, 0.05) is 17.7 Å². The van der Waals surface area contributed by atoms with Crippen molar-refractivity contribution in [2.24, 2.45) is 0 Å². The fourth-order valence-corrected chi connectivity index (χ4v) is 2.79. The second-order valence-corrected chi connectivity index (χ2v) is 6.32. The predicted molar refractivity (Wildman–Crippen MR) is 112 cm³/mol. The minimum Gasteiger partial charge on any atom is -0.465 e. The lowest BCUT2D eigenvalue weighted by atomic mass is 10.1. The lowest BCUT2D eigenvalue weighted by Crippen LogP contribution is -2.34. The molecule has 152 valence electrons. The Morgan fingerprint density at radius 1 is 1.10 bits per heavy atom. The van der Waals surface area contributed by atoms with E-state index in [4.69, 9.17) is 21.4 Å². The largest absolute Gasteiger partial charge is 0.465 e. The first-order chi connectivity index (χ1) is 14.4. The fourth-order valence-electron chi connectivity index (χ4n) is 2.59. The molecular formula is C20H15N3O6S. The highest BCUT2D eigenvalue weighted by Crippen LogP contribution is 2.25. The molecule has 0 fully saturated rings. The number of anilines is 1. The van der Waals surface area contributed by atoms with Gasteiger partial charge in [0.15, 0.2) is 10.9 Å². The summed E-state index contributed by atoms with van der Waals surface area (Å²) in [7, 11) is 1.26. The number of furan rings is 1. The second kappa shape index (κ2) is 8.97. The summed E-state index contributed by atoms with van der Waals surface area (Å²) in [5.74, 6) is -0.930. The molecule has 0 spiro atoms. The molecule has 0 bridgehead atoms. The van der Waals surface area contributed by atoms with Gasteiger partial charge in [-0.05, 0) is 36.5 Å². The van der Waals surface area contributed by atoms with E-state index in [9.17, 15) is 19.7 Å². The first-order valence-electron chi connectivity index (χ1n) is 8.53. The summed E-state index contributed by atoms with van der Waals surface area (Å²) < 4.78 is 10.2. The Bertz CT molecular complexity index is 1140. The van der Waals surface area contributed by atoms with Crippen LogP contribution >= 0.6 is 12.2 Å². The standard InChI is InChI=1S/C20H15N3O6S/c1-28-19(25)14-7-2-3-8-15(14)21-20(30)22-18(24)17-10-9-16(29-17)12-5-4-6-13(11-12)23(26)27/h2-11H,1H3,(H2,21,22,24,30). The number of non-ortho nitro benzene ring substituents is 1. The predicted octanol–water partition coefficient (Wildman–Crippen LogP) is 3.77. The maximum absolute atomic E-state index is 12.4. The quantitative estimate of drug-likeness (QED) is 0.274. The molecule has 1 amide bonds. The fraction of sp³-hybridized carbons (Fsp3) is 0.0500. The van der Waals surface area contributed by atoms with Gasteiger partial charge in [0.1, 0.15) is 5.76 Å². The molecule has 0 aliphatic carbocycles. The van der Waals surface area contributed by atoms with Crippen LogP contribution in [0.25, 0.3) is 11.3 Å². The molecule has 2 N–H and O–H groups in total. The number of nitrogens with one attached hydrogen (secondary N) is 2. The van der Waals surface area contributed by atoms with Crippen molar-refractivity contribution in [1.29, 1.82) is 0 Å². The molecule has 30 heavy (non-hydrogen) atoms. The van der Waals surface area contributed by atoms with E-state index in [2.05, 4.69) is 10.6 Å². The second-order valence-electron chi connectivity index (χ2n) is 5.92. The lowest BCUT2D eigenvalue weighted by molar-refractivity contribution is -0.384. The van der Waals surface area contributed by atoms with E-state index in [1.165, 1.54) is 37.4 Å². The van der Waals surface area contributed by atoms with E-state index in [0.717, 1.165) is 0 Å². The average molecular weight is 425 g/mol. The van der Waals surface area contributed by atoms with Crippen LogP contribution in [-0.4, -0.2) is 29.0 Å². The van der Waals surface area contributed by atoms with E-state index in [1.54, 1.807) is 30.3 Å². The number of methoxy groups -OCH3 is 1. The number of rotatable bonds is 5. The first-order valence-corrected chi connectivity index (χ1v) is 8.94. The number of hydrogen-bond acceptors (Lipinski definition) is 7. The zero-order chi connectivity index (χ0) is 21.7. The molecule has 1 aromatic heterocycles. The maximum Gasteiger partial charge on any atom is 0.339 e. The van der Waals surface area contributed by atoms with Crippen LogP contribution in [0.2, 0.25) is 0 Å². The van der Waals surface area contributed by atoms with E-state index in [1.807, 2.05) is 0 Å².